The Labute approximate surface area is 165 Å². The lowest BCUT2D eigenvalue weighted by Crippen LogP contribution is -2.41. The number of oxazole rings is 1. The van der Waals surface area contributed by atoms with Gasteiger partial charge in [0.25, 0.3) is 0 Å². The Balaban J connectivity index is 1.25. The summed E-state index contributed by atoms with van der Waals surface area (Å²) in [5.41, 5.74) is 3.13. The maximum Gasteiger partial charge on any atom is 0.227 e. The number of benzene rings is 2. The standard InChI is InChI=1S/C22H24ClN3O/c23-21-9-5-4-8-20(21)22-25-19(16-27-22)14-24-18-10-12-26(13-11-18)15-17-6-2-1-3-7-17/h1-9,16,18,24H,10-15H2. The second-order valence-electron chi connectivity index (χ2n) is 7.04. The molecule has 1 aliphatic rings. The van der Waals surface area contributed by atoms with Crippen molar-refractivity contribution < 1.29 is 4.42 Å². The lowest BCUT2D eigenvalue weighted by atomic mass is 10.0. The normalized spacial score (nSPS) is 15.9. The van der Waals surface area contributed by atoms with Crippen LogP contribution in [0, 0.1) is 0 Å². The molecule has 4 nitrogen and oxygen atoms in total. The topological polar surface area (TPSA) is 41.3 Å². The van der Waals surface area contributed by atoms with Gasteiger partial charge in [0, 0.05) is 19.1 Å². The summed E-state index contributed by atoms with van der Waals surface area (Å²) in [6.45, 7) is 4.00. The summed E-state index contributed by atoms with van der Waals surface area (Å²) in [7, 11) is 0. The minimum absolute atomic E-state index is 0.525. The SMILES string of the molecule is Clc1ccccc1-c1nc(CNC2CCN(Cc3ccccc3)CC2)co1. The smallest absolute Gasteiger partial charge is 0.227 e. The minimum atomic E-state index is 0.525. The third-order valence-electron chi connectivity index (χ3n) is 5.06. The third-order valence-corrected chi connectivity index (χ3v) is 5.39. The van der Waals surface area contributed by atoms with Crippen LogP contribution in [-0.4, -0.2) is 29.0 Å². The van der Waals surface area contributed by atoms with E-state index < -0.39 is 0 Å². The number of nitrogens with zero attached hydrogens (tertiary/aromatic N) is 2. The van der Waals surface area contributed by atoms with Crippen molar-refractivity contribution in [2.45, 2.75) is 32.0 Å². The fourth-order valence-corrected chi connectivity index (χ4v) is 3.75. The van der Waals surface area contributed by atoms with E-state index >= 15 is 0 Å². The van der Waals surface area contributed by atoms with Crippen LogP contribution in [0.2, 0.25) is 5.02 Å². The summed E-state index contributed by atoms with van der Waals surface area (Å²) in [6.07, 6.45) is 4.03. The van der Waals surface area contributed by atoms with E-state index in [9.17, 15) is 0 Å². The Morgan fingerprint density at radius 2 is 1.78 bits per heavy atom. The Morgan fingerprint density at radius 3 is 2.56 bits per heavy atom. The van der Waals surface area contributed by atoms with Crippen molar-refractivity contribution in [2.24, 2.45) is 0 Å². The van der Waals surface area contributed by atoms with Gasteiger partial charge >= 0.3 is 0 Å². The number of nitrogens with one attached hydrogen (secondary N) is 1. The summed E-state index contributed by atoms with van der Waals surface area (Å²) in [4.78, 5) is 7.10. The summed E-state index contributed by atoms with van der Waals surface area (Å²) in [5, 5.41) is 4.28. The summed E-state index contributed by atoms with van der Waals surface area (Å²) in [6, 6.07) is 18.8. The van der Waals surface area contributed by atoms with E-state index in [0.29, 0.717) is 17.0 Å². The molecule has 1 saturated heterocycles. The van der Waals surface area contributed by atoms with Crippen LogP contribution in [0.3, 0.4) is 0 Å². The average molecular weight is 382 g/mol. The van der Waals surface area contributed by atoms with Gasteiger partial charge in [-0.1, -0.05) is 54.1 Å². The predicted octanol–water partition coefficient (Wildman–Crippen LogP) is 4.75. The molecule has 0 atom stereocenters. The number of halogens is 1. The largest absolute Gasteiger partial charge is 0.444 e. The van der Waals surface area contributed by atoms with Crippen LogP contribution in [0.4, 0.5) is 0 Å². The zero-order chi connectivity index (χ0) is 18.5. The van der Waals surface area contributed by atoms with E-state index in [0.717, 1.165) is 50.3 Å². The molecule has 0 spiro atoms. The molecule has 0 aliphatic carbocycles. The number of likely N-dealkylation sites (tertiary alicyclic amines) is 1. The van der Waals surface area contributed by atoms with E-state index in [1.807, 2.05) is 24.3 Å². The number of aromatic nitrogens is 1. The molecule has 4 rings (SSSR count). The maximum absolute atomic E-state index is 6.22. The van der Waals surface area contributed by atoms with E-state index in [2.05, 4.69) is 45.5 Å². The molecule has 1 fully saturated rings. The van der Waals surface area contributed by atoms with Crippen LogP contribution >= 0.6 is 11.6 Å². The second-order valence-corrected chi connectivity index (χ2v) is 7.45. The number of hydrogen-bond donors (Lipinski definition) is 1. The summed E-state index contributed by atoms with van der Waals surface area (Å²) in [5.74, 6) is 0.579. The third kappa shape index (κ3) is 4.78. The van der Waals surface area contributed by atoms with Crippen LogP contribution in [0.25, 0.3) is 11.5 Å². The van der Waals surface area contributed by atoms with Gasteiger partial charge in [0.2, 0.25) is 5.89 Å². The van der Waals surface area contributed by atoms with Crippen molar-refractivity contribution in [3.63, 3.8) is 0 Å². The molecule has 0 saturated carbocycles. The first-order chi connectivity index (χ1) is 13.3. The highest BCUT2D eigenvalue weighted by Gasteiger charge is 2.19. The molecule has 1 aromatic heterocycles. The molecular formula is C22H24ClN3O. The van der Waals surface area contributed by atoms with Crippen molar-refractivity contribution in [1.82, 2.24) is 15.2 Å². The van der Waals surface area contributed by atoms with E-state index in [1.165, 1.54) is 5.56 Å². The Hall–Kier alpha value is -2.14. The van der Waals surface area contributed by atoms with Gasteiger partial charge < -0.3 is 9.73 Å². The lowest BCUT2D eigenvalue weighted by molar-refractivity contribution is 0.190. The second kappa shape index (κ2) is 8.70. The van der Waals surface area contributed by atoms with Gasteiger partial charge in [-0.3, -0.25) is 4.90 Å². The Kier molecular flexibility index (Phi) is 5.87. The molecule has 0 radical (unpaired) electrons. The van der Waals surface area contributed by atoms with Crippen LogP contribution in [0.5, 0.6) is 0 Å². The summed E-state index contributed by atoms with van der Waals surface area (Å²) >= 11 is 6.22. The van der Waals surface area contributed by atoms with Crippen LogP contribution in [-0.2, 0) is 13.1 Å². The zero-order valence-corrected chi connectivity index (χ0v) is 16.0. The molecule has 3 aromatic rings. The van der Waals surface area contributed by atoms with Gasteiger partial charge in [0.1, 0.15) is 6.26 Å². The lowest BCUT2D eigenvalue weighted by Gasteiger charge is -2.32. The van der Waals surface area contributed by atoms with Crippen LogP contribution in [0.1, 0.15) is 24.1 Å². The highest BCUT2D eigenvalue weighted by Crippen LogP contribution is 2.26. The molecular weight excluding hydrogens is 358 g/mol. The van der Waals surface area contributed by atoms with Crippen molar-refractivity contribution in [3.05, 3.63) is 77.1 Å². The first-order valence-corrected chi connectivity index (χ1v) is 9.85. The van der Waals surface area contributed by atoms with Crippen molar-refractivity contribution >= 4 is 11.6 Å². The molecule has 27 heavy (non-hydrogen) atoms. The van der Waals surface area contributed by atoms with Gasteiger partial charge in [-0.25, -0.2) is 4.98 Å². The van der Waals surface area contributed by atoms with E-state index in [-0.39, 0.29) is 0 Å². The molecule has 2 aromatic carbocycles. The Morgan fingerprint density at radius 1 is 1.04 bits per heavy atom. The van der Waals surface area contributed by atoms with Crippen molar-refractivity contribution in [1.29, 1.82) is 0 Å². The number of hydrogen-bond acceptors (Lipinski definition) is 4. The van der Waals surface area contributed by atoms with Crippen LogP contribution in [0.15, 0.2) is 65.3 Å². The fourth-order valence-electron chi connectivity index (χ4n) is 3.53. The fraction of sp³-hybridized carbons (Fsp3) is 0.318. The molecule has 5 heteroatoms. The highest BCUT2D eigenvalue weighted by atomic mass is 35.5. The first kappa shape index (κ1) is 18.2. The van der Waals surface area contributed by atoms with Gasteiger partial charge in [-0.05, 0) is 43.6 Å². The molecule has 0 amide bonds. The zero-order valence-electron chi connectivity index (χ0n) is 15.3. The Bertz CT molecular complexity index is 857. The van der Waals surface area contributed by atoms with Gasteiger partial charge in [-0.2, -0.15) is 0 Å². The maximum atomic E-state index is 6.22. The monoisotopic (exact) mass is 381 g/mol. The van der Waals surface area contributed by atoms with Crippen LogP contribution < -0.4 is 5.32 Å². The summed E-state index contributed by atoms with van der Waals surface area (Å²) < 4.78 is 5.61. The van der Waals surface area contributed by atoms with E-state index in [1.54, 1.807) is 6.26 Å². The molecule has 1 aliphatic heterocycles. The highest BCUT2D eigenvalue weighted by molar-refractivity contribution is 6.33. The molecule has 0 unspecified atom stereocenters. The molecule has 140 valence electrons. The van der Waals surface area contributed by atoms with E-state index in [4.69, 9.17) is 16.0 Å². The first-order valence-electron chi connectivity index (χ1n) is 9.47. The molecule has 2 heterocycles. The molecule has 1 N–H and O–H groups in total. The quantitative estimate of drug-likeness (QED) is 0.669. The predicted molar refractivity (Wildman–Crippen MR) is 109 cm³/mol. The number of rotatable bonds is 6. The van der Waals surface area contributed by atoms with Crippen molar-refractivity contribution in [2.75, 3.05) is 13.1 Å². The average Bonchev–Trinajstić information content (AvgIpc) is 3.17. The van der Waals surface area contributed by atoms with Gasteiger partial charge in [0.05, 0.1) is 16.3 Å². The van der Waals surface area contributed by atoms with Gasteiger partial charge in [-0.15, -0.1) is 0 Å². The number of piperidine rings is 1. The minimum Gasteiger partial charge on any atom is -0.444 e. The van der Waals surface area contributed by atoms with Crippen molar-refractivity contribution in [3.8, 4) is 11.5 Å². The molecule has 0 bridgehead atoms. The van der Waals surface area contributed by atoms with Gasteiger partial charge in [0.15, 0.2) is 0 Å².